The van der Waals surface area contributed by atoms with Crippen molar-refractivity contribution < 1.29 is 0 Å². The van der Waals surface area contributed by atoms with Crippen LogP contribution in [0.3, 0.4) is 0 Å². The lowest BCUT2D eigenvalue weighted by molar-refractivity contribution is 0.472. The first-order valence-electron chi connectivity index (χ1n) is 5.48. The minimum atomic E-state index is 0.0399. The zero-order valence-electron chi connectivity index (χ0n) is 8.69. The van der Waals surface area contributed by atoms with Gasteiger partial charge in [-0.25, -0.2) is 0 Å². The molecule has 4 nitrogen and oxygen atoms in total. The summed E-state index contributed by atoms with van der Waals surface area (Å²) in [6, 6.07) is 0.635. The van der Waals surface area contributed by atoms with Gasteiger partial charge in [0.25, 0.3) is 0 Å². The molecule has 1 atom stereocenters. The molecule has 1 aromatic heterocycles. The molecule has 0 amide bonds. The van der Waals surface area contributed by atoms with Gasteiger partial charge in [0.05, 0.1) is 6.04 Å². The first-order chi connectivity index (χ1) is 6.83. The Balaban J connectivity index is 2.19. The molecule has 1 aromatic rings. The lowest BCUT2D eigenvalue weighted by atomic mass is 10.2. The van der Waals surface area contributed by atoms with Gasteiger partial charge in [-0.1, -0.05) is 19.8 Å². The number of nitrogens with zero attached hydrogens (tertiary/aromatic N) is 3. The molecule has 14 heavy (non-hydrogen) atoms. The molecular formula is C10H18N4. The zero-order chi connectivity index (χ0) is 9.97. The average molecular weight is 194 g/mol. The summed E-state index contributed by atoms with van der Waals surface area (Å²) in [5, 5.41) is 8.09. The van der Waals surface area contributed by atoms with Gasteiger partial charge in [-0.05, 0) is 19.3 Å². The highest BCUT2D eigenvalue weighted by Gasteiger charge is 2.21. The molecule has 78 valence electrons. The predicted molar refractivity (Wildman–Crippen MR) is 54.7 cm³/mol. The van der Waals surface area contributed by atoms with Crippen LogP contribution >= 0.6 is 0 Å². The maximum absolute atomic E-state index is 5.98. The Hall–Kier alpha value is -0.900. The number of aromatic nitrogens is 3. The van der Waals surface area contributed by atoms with Gasteiger partial charge in [0.15, 0.2) is 0 Å². The van der Waals surface area contributed by atoms with E-state index < -0.39 is 0 Å². The van der Waals surface area contributed by atoms with E-state index in [9.17, 15) is 0 Å². The Labute approximate surface area is 84.5 Å². The molecule has 2 N–H and O–H groups in total. The quantitative estimate of drug-likeness (QED) is 0.798. The smallest absolute Gasteiger partial charge is 0.150 e. The zero-order valence-corrected chi connectivity index (χ0v) is 8.69. The molecule has 0 radical (unpaired) electrons. The second-order valence-corrected chi connectivity index (χ2v) is 4.05. The fraction of sp³-hybridized carbons (Fsp3) is 0.800. The van der Waals surface area contributed by atoms with Crippen LogP contribution in [-0.4, -0.2) is 14.8 Å². The van der Waals surface area contributed by atoms with Gasteiger partial charge < -0.3 is 10.3 Å². The summed E-state index contributed by atoms with van der Waals surface area (Å²) in [6.07, 6.45) is 7.91. The Bertz CT molecular complexity index is 288. The van der Waals surface area contributed by atoms with Crippen LogP contribution in [0.2, 0.25) is 0 Å². The number of hydrogen-bond acceptors (Lipinski definition) is 3. The van der Waals surface area contributed by atoms with Crippen molar-refractivity contribution in [1.82, 2.24) is 14.8 Å². The van der Waals surface area contributed by atoms with Gasteiger partial charge in [0.1, 0.15) is 12.2 Å². The second kappa shape index (κ2) is 4.09. The molecule has 1 fully saturated rings. The van der Waals surface area contributed by atoms with E-state index in [2.05, 4.69) is 21.7 Å². The minimum Gasteiger partial charge on any atom is -0.321 e. The molecule has 0 aromatic carbocycles. The minimum absolute atomic E-state index is 0.0399. The normalized spacial score (nSPS) is 20.1. The summed E-state index contributed by atoms with van der Waals surface area (Å²) >= 11 is 0. The first kappa shape index (κ1) is 9.65. The SMILES string of the molecule is CC[C@@H](N)c1nncn1C1CCCC1. The maximum atomic E-state index is 5.98. The van der Waals surface area contributed by atoms with Crippen molar-refractivity contribution in [3.63, 3.8) is 0 Å². The van der Waals surface area contributed by atoms with Crippen LogP contribution < -0.4 is 5.73 Å². The van der Waals surface area contributed by atoms with Crippen molar-refractivity contribution in [2.24, 2.45) is 5.73 Å². The molecule has 0 bridgehead atoms. The van der Waals surface area contributed by atoms with Crippen molar-refractivity contribution in [2.75, 3.05) is 0 Å². The van der Waals surface area contributed by atoms with Gasteiger partial charge in [-0.3, -0.25) is 0 Å². The van der Waals surface area contributed by atoms with Crippen LogP contribution in [0.25, 0.3) is 0 Å². The van der Waals surface area contributed by atoms with Crippen molar-refractivity contribution in [3.8, 4) is 0 Å². The number of hydrogen-bond donors (Lipinski definition) is 1. The van der Waals surface area contributed by atoms with Crippen molar-refractivity contribution in [3.05, 3.63) is 12.2 Å². The van der Waals surface area contributed by atoms with Crippen molar-refractivity contribution in [1.29, 1.82) is 0 Å². The molecule has 1 saturated carbocycles. The largest absolute Gasteiger partial charge is 0.321 e. The van der Waals surface area contributed by atoms with Gasteiger partial charge in [0.2, 0.25) is 0 Å². The van der Waals surface area contributed by atoms with Crippen molar-refractivity contribution in [2.45, 2.75) is 51.1 Å². The van der Waals surface area contributed by atoms with E-state index in [4.69, 9.17) is 5.73 Å². The summed E-state index contributed by atoms with van der Waals surface area (Å²) < 4.78 is 2.18. The highest BCUT2D eigenvalue weighted by molar-refractivity contribution is 4.96. The van der Waals surface area contributed by atoms with Gasteiger partial charge >= 0.3 is 0 Å². The molecular weight excluding hydrogens is 176 g/mol. The number of rotatable bonds is 3. The molecule has 0 saturated heterocycles. The van der Waals surface area contributed by atoms with E-state index in [0.29, 0.717) is 6.04 Å². The Kier molecular flexibility index (Phi) is 2.82. The second-order valence-electron chi connectivity index (χ2n) is 4.05. The molecule has 0 spiro atoms. The summed E-state index contributed by atoms with van der Waals surface area (Å²) in [4.78, 5) is 0. The molecule has 1 heterocycles. The van der Waals surface area contributed by atoms with Crippen LogP contribution in [0, 0.1) is 0 Å². The van der Waals surface area contributed by atoms with Gasteiger partial charge in [-0.2, -0.15) is 0 Å². The first-order valence-corrected chi connectivity index (χ1v) is 5.48. The third-order valence-corrected chi connectivity index (χ3v) is 3.09. The van der Waals surface area contributed by atoms with Crippen LogP contribution in [-0.2, 0) is 0 Å². The average Bonchev–Trinajstić information content (AvgIpc) is 2.85. The Morgan fingerprint density at radius 2 is 2.29 bits per heavy atom. The molecule has 0 aliphatic heterocycles. The highest BCUT2D eigenvalue weighted by atomic mass is 15.3. The van der Waals surface area contributed by atoms with E-state index in [1.807, 2.05) is 6.33 Å². The maximum Gasteiger partial charge on any atom is 0.150 e. The van der Waals surface area contributed by atoms with Crippen LogP contribution in [0.5, 0.6) is 0 Å². The van der Waals surface area contributed by atoms with Gasteiger partial charge in [0, 0.05) is 6.04 Å². The topological polar surface area (TPSA) is 56.7 Å². The van der Waals surface area contributed by atoms with E-state index in [0.717, 1.165) is 12.2 Å². The van der Waals surface area contributed by atoms with Crippen LogP contribution in [0.4, 0.5) is 0 Å². The monoisotopic (exact) mass is 194 g/mol. The fourth-order valence-corrected chi connectivity index (χ4v) is 2.16. The predicted octanol–water partition coefficient (Wildman–Crippen LogP) is 1.80. The third kappa shape index (κ3) is 1.66. The van der Waals surface area contributed by atoms with Crippen LogP contribution in [0.1, 0.15) is 56.9 Å². The molecule has 2 rings (SSSR count). The fourth-order valence-electron chi connectivity index (χ4n) is 2.16. The van der Waals surface area contributed by atoms with E-state index >= 15 is 0 Å². The molecule has 4 heteroatoms. The Morgan fingerprint density at radius 1 is 1.57 bits per heavy atom. The third-order valence-electron chi connectivity index (χ3n) is 3.09. The van der Waals surface area contributed by atoms with Crippen LogP contribution in [0.15, 0.2) is 6.33 Å². The summed E-state index contributed by atoms with van der Waals surface area (Å²) in [6.45, 7) is 2.08. The Morgan fingerprint density at radius 3 is 2.93 bits per heavy atom. The molecule has 1 aliphatic rings. The summed E-state index contributed by atoms with van der Waals surface area (Å²) in [7, 11) is 0. The highest BCUT2D eigenvalue weighted by Crippen LogP contribution is 2.31. The van der Waals surface area contributed by atoms with Gasteiger partial charge in [-0.15, -0.1) is 10.2 Å². The van der Waals surface area contributed by atoms with E-state index in [-0.39, 0.29) is 6.04 Å². The van der Waals surface area contributed by atoms with E-state index in [1.54, 1.807) is 0 Å². The lowest BCUT2D eigenvalue weighted by Crippen LogP contribution is -2.17. The summed E-state index contributed by atoms with van der Waals surface area (Å²) in [5.74, 6) is 0.958. The standard InChI is InChI=1S/C10H18N4/c1-2-9(11)10-13-12-7-14(10)8-5-3-4-6-8/h7-9H,2-6,11H2,1H3/t9-/m1/s1. The molecule has 0 unspecified atom stereocenters. The lowest BCUT2D eigenvalue weighted by Gasteiger charge is -2.16. The summed E-state index contributed by atoms with van der Waals surface area (Å²) in [5.41, 5.74) is 5.98. The molecule has 1 aliphatic carbocycles. The van der Waals surface area contributed by atoms with E-state index in [1.165, 1.54) is 25.7 Å². The number of nitrogens with two attached hydrogens (primary N) is 1. The van der Waals surface area contributed by atoms with Crippen molar-refractivity contribution >= 4 is 0 Å².